The summed E-state index contributed by atoms with van der Waals surface area (Å²) in [5.41, 5.74) is 5.29. The Hall–Kier alpha value is -2.09. The quantitative estimate of drug-likeness (QED) is 0.307. The van der Waals surface area contributed by atoms with Crippen LogP contribution >= 0.6 is 0 Å². The molecule has 0 fully saturated rings. The molecule has 0 aromatic carbocycles. The van der Waals surface area contributed by atoms with Crippen LogP contribution in [0, 0.1) is 0 Å². The van der Waals surface area contributed by atoms with E-state index in [4.69, 9.17) is 10.5 Å². The molecule has 0 aromatic rings. The molecule has 0 saturated carbocycles. The topological polar surface area (TPSA) is 120 Å². The number of carbonyl (C=O) groups excluding carboxylic acids is 3. The number of alkyl carbamates (subject to hydrolysis) is 1. The molecule has 0 heterocycles. The van der Waals surface area contributed by atoms with E-state index < -0.39 is 35.7 Å². The number of carbonyl (C=O) groups is 3. The van der Waals surface area contributed by atoms with Gasteiger partial charge in [0, 0.05) is 6.54 Å². The summed E-state index contributed by atoms with van der Waals surface area (Å²) in [6.07, 6.45) is 3.06. The van der Waals surface area contributed by atoms with E-state index in [1.807, 2.05) is 0 Å². The van der Waals surface area contributed by atoms with E-state index in [2.05, 4.69) is 21.9 Å². The summed E-state index contributed by atoms with van der Waals surface area (Å²) >= 11 is 0. The molecular formula is C17H31N3O5. The van der Waals surface area contributed by atoms with Crippen molar-refractivity contribution in [2.45, 2.75) is 64.1 Å². The van der Waals surface area contributed by atoms with Crippen LogP contribution in [0.15, 0.2) is 12.7 Å². The first-order chi connectivity index (χ1) is 11.6. The van der Waals surface area contributed by atoms with Gasteiger partial charge in [-0.1, -0.05) is 6.08 Å². The summed E-state index contributed by atoms with van der Waals surface area (Å²) in [6.45, 7) is 9.35. The van der Waals surface area contributed by atoms with Crippen LogP contribution in [0.1, 0.15) is 46.5 Å². The van der Waals surface area contributed by atoms with Gasteiger partial charge in [-0.05, 0) is 46.5 Å². The third-order valence-corrected chi connectivity index (χ3v) is 3.15. The van der Waals surface area contributed by atoms with Gasteiger partial charge in [-0.15, -0.1) is 6.58 Å². The largest absolute Gasteiger partial charge is 0.467 e. The summed E-state index contributed by atoms with van der Waals surface area (Å²) in [5.74, 6) is -0.959. The van der Waals surface area contributed by atoms with Gasteiger partial charge >= 0.3 is 12.1 Å². The highest BCUT2D eigenvalue weighted by atomic mass is 16.6. The first kappa shape index (κ1) is 22.9. The van der Waals surface area contributed by atoms with Crippen molar-refractivity contribution >= 4 is 18.0 Å². The maximum absolute atomic E-state index is 12.0. The molecular weight excluding hydrogens is 326 g/mol. The molecule has 0 bridgehead atoms. The molecule has 0 unspecified atom stereocenters. The number of esters is 1. The minimum atomic E-state index is -0.783. The van der Waals surface area contributed by atoms with Crippen LogP contribution in [0.5, 0.6) is 0 Å². The van der Waals surface area contributed by atoms with Crippen molar-refractivity contribution in [3.05, 3.63) is 12.7 Å². The number of unbranched alkanes of at least 4 members (excludes halogenated alkanes) is 1. The van der Waals surface area contributed by atoms with Crippen LogP contribution in [0.3, 0.4) is 0 Å². The zero-order valence-corrected chi connectivity index (χ0v) is 15.6. The summed E-state index contributed by atoms with van der Waals surface area (Å²) in [4.78, 5) is 35.0. The van der Waals surface area contributed by atoms with Crippen LogP contribution in [0.25, 0.3) is 0 Å². The number of rotatable bonds is 10. The van der Waals surface area contributed by atoms with Crippen LogP contribution in [0.2, 0.25) is 0 Å². The first-order valence-electron chi connectivity index (χ1n) is 8.32. The molecule has 0 aliphatic carbocycles. The molecule has 0 aromatic heterocycles. The molecule has 8 nitrogen and oxygen atoms in total. The lowest BCUT2D eigenvalue weighted by Crippen LogP contribution is -2.48. The van der Waals surface area contributed by atoms with Gasteiger partial charge < -0.3 is 25.8 Å². The Bertz CT molecular complexity index is 460. The Balaban J connectivity index is 4.06. The lowest BCUT2D eigenvalue weighted by atomic mass is 10.1. The summed E-state index contributed by atoms with van der Waals surface area (Å²) in [7, 11) is 1.25. The predicted molar refractivity (Wildman–Crippen MR) is 94.8 cm³/mol. The third kappa shape index (κ3) is 11.1. The molecule has 0 radical (unpaired) electrons. The Morgan fingerprint density at radius 2 is 1.88 bits per heavy atom. The fourth-order valence-electron chi connectivity index (χ4n) is 1.93. The average molecular weight is 357 g/mol. The molecule has 2 atom stereocenters. The highest BCUT2D eigenvalue weighted by molar-refractivity contribution is 5.87. The normalized spacial score (nSPS) is 13.3. The predicted octanol–water partition coefficient (Wildman–Crippen LogP) is 1.24. The van der Waals surface area contributed by atoms with Crippen molar-refractivity contribution in [2.24, 2.45) is 5.73 Å². The minimum absolute atomic E-state index is 0.269. The van der Waals surface area contributed by atoms with Crippen molar-refractivity contribution in [1.29, 1.82) is 0 Å². The van der Waals surface area contributed by atoms with Gasteiger partial charge in [-0.3, -0.25) is 4.79 Å². The van der Waals surface area contributed by atoms with Crippen molar-refractivity contribution in [2.75, 3.05) is 13.7 Å². The molecule has 0 rings (SSSR count). The van der Waals surface area contributed by atoms with Gasteiger partial charge in [0.05, 0.1) is 13.2 Å². The zero-order chi connectivity index (χ0) is 19.5. The maximum Gasteiger partial charge on any atom is 0.407 e. The fourth-order valence-corrected chi connectivity index (χ4v) is 1.93. The van der Waals surface area contributed by atoms with Gasteiger partial charge in [0.2, 0.25) is 5.91 Å². The fraction of sp³-hybridized carbons (Fsp3) is 0.706. The Labute approximate surface area is 149 Å². The van der Waals surface area contributed by atoms with Crippen LogP contribution in [0.4, 0.5) is 4.79 Å². The number of hydrogen-bond acceptors (Lipinski definition) is 6. The van der Waals surface area contributed by atoms with E-state index >= 15 is 0 Å². The number of nitrogens with one attached hydrogen (secondary N) is 2. The highest BCUT2D eigenvalue weighted by Gasteiger charge is 2.23. The molecule has 4 N–H and O–H groups in total. The smallest absolute Gasteiger partial charge is 0.407 e. The van der Waals surface area contributed by atoms with Gasteiger partial charge in [0.15, 0.2) is 0 Å². The molecule has 0 spiro atoms. The van der Waals surface area contributed by atoms with E-state index in [-0.39, 0.29) is 6.42 Å². The third-order valence-electron chi connectivity index (χ3n) is 3.15. The van der Waals surface area contributed by atoms with Crippen molar-refractivity contribution < 1.29 is 23.9 Å². The summed E-state index contributed by atoms with van der Waals surface area (Å²) in [5, 5.41) is 5.19. The van der Waals surface area contributed by atoms with E-state index in [0.717, 1.165) is 0 Å². The van der Waals surface area contributed by atoms with Crippen molar-refractivity contribution in [3.8, 4) is 0 Å². The lowest BCUT2D eigenvalue weighted by Gasteiger charge is -2.20. The number of methoxy groups -OCH3 is 1. The number of hydrogen-bond donors (Lipinski definition) is 3. The Morgan fingerprint density at radius 3 is 2.40 bits per heavy atom. The maximum atomic E-state index is 12.0. The monoisotopic (exact) mass is 357 g/mol. The zero-order valence-electron chi connectivity index (χ0n) is 15.6. The summed E-state index contributed by atoms with van der Waals surface area (Å²) in [6, 6.07) is -1.52. The average Bonchev–Trinajstić information content (AvgIpc) is 2.51. The van der Waals surface area contributed by atoms with E-state index in [1.54, 1.807) is 20.8 Å². The summed E-state index contributed by atoms with van der Waals surface area (Å²) < 4.78 is 9.73. The van der Waals surface area contributed by atoms with Crippen LogP contribution in [-0.4, -0.2) is 49.3 Å². The molecule has 2 amide bonds. The lowest BCUT2D eigenvalue weighted by molar-refractivity contribution is -0.145. The molecule has 144 valence electrons. The second-order valence-electron chi connectivity index (χ2n) is 6.64. The number of amides is 2. The van der Waals surface area contributed by atoms with Crippen molar-refractivity contribution in [3.63, 3.8) is 0 Å². The van der Waals surface area contributed by atoms with Crippen molar-refractivity contribution in [1.82, 2.24) is 10.6 Å². The van der Waals surface area contributed by atoms with Gasteiger partial charge in [0.25, 0.3) is 0 Å². The number of nitrogens with two attached hydrogens (primary N) is 1. The van der Waals surface area contributed by atoms with E-state index in [1.165, 1.54) is 13.2 Å². The van der Waals surface area contributed by atoms with Crippen LogP contribution < -0.4 is 16.4 Å². The molecule has 0 aliphatic rings. The van der Waals surface area contributed by atoms with E-state index in [0.29, 0.717) is 25.8 Å². The minimum Gasteiger partial charge on any atom is -0.467 e. The Kier molecular flexibility index (Phi) is 10.5. The van der Waals surface area contributed by atoms with Crippen LogP contribution in [-0.2, 0) is 19.1 Å². The molecule has 0 aliphatic heterocycles. The second-order valence-corrected chi connectivity index (χ2v) is 6.64. The van der Waals surface area contributed by atoms with Gasteiger partial charge in [-0.2, -0.15) is 0 Å². The van der Waals surface area contributed by atoms with Gasteiger partial charge in [0.1, 0.15) is 11.6 Å². The molecule has 8 heteroatoms. The first-order valence-corrected chi connectivity index (χ1v) is 8.32. The molecule has 25 heavy (non-hydrogen) atoms. The van der Waals surface area contributed by atoms with Gasteiger partial charge in [-0.25, -0.2) is 9.59 Å². The SMILES string of the molecule is C=CC[C@H](NC(=O)[C@@H](N)CCCCNC(=O)OC(C)(C)C)C(=O)OC. The Morgan fingerprint density at radius 1 is 1.24 bits per heavy atom. The number of ether oxygens (including phenoxy) is 2. The molecule has 0 saturated heterocycles. The van der Waals surface area contributed by atoms with E-state index in [9.17, 15) is 14.4 Å². The standard InChI is InChI=1S/C17H31N3O5/c1-6-9-13(15(22)24-5)20-14(21)12(18)10-7-8-11-19-16(23)25-17(2,3)4/h6,12-13H,1,7-11,18H2,2-5H3,(H,19,23)(H,20,21)/t12-,13-/m0/s1. The highest BCUT2D eigenvalue weighted by Crippen LogP contribution is 2.06. The second kappa shape index (κ2) is 11.5.